The third-order valence-corrected chi connectivity index (χ3v) is 3.37. The lowest BCUT2D eigenvalue weighted by Crippen LogP contribution is -2.17. The number of imidazole rings is 1. The Bertz CT molecular complexity index is 606. The Morgan fingerprint density at radius 2 is 2.11 bits per heavy atom. The summed E-state index contributed by atoms with van der Waals surface area (Å²) in [6.07, 6.45) is 0. The zero-order valence-corrected chi connectivity index (χ0v) is 11.7. The zero-order valence-electron chi connectivity index (χ0n) is 10.1. The molecule has 0 atom stereocenters. The molecule has 0 fully saturated rings. The second kappa shape index (κ2) is 4.81. The Hall–Kier alpha value is -1.82. The van der Waals surface area contributed by atoms with Crippen LogP contribution < -0.4 is 11.1 Å². The highest BCUT2D eigenvalue weighted by Crippen LogP contribution is 2.22. The first-order valence-corrected chi connectivity index (χ1v) is 6.14. The standard InChI is InChI=1S/C12H13BrN4O/c1-7-15-11(14)10(17(7)2)12(18)16-9-6-4-3-5-8(9)13/h3-6H,14H2,1-2H3,(H,16,18). The van der Waals surface area contributed by atoms with Crippen LogP contribution >= 0.6 is 15.9 Å². The van der Waals surface area contributed by atoms with Gasteiger partial charge in [-0.3, -0.25) is 4.79 Å². The molecule has 0 bridgehead atoms. The highest BCUT2D eigenvalue weighted by molar-refractivity contribution is 9.10. The summed E-state index contributed by atoms with van der Waals surface area (Å²) in [4.78, 5) is 16.2. The number of aryl methyl sites for hydroxylation is 1. The van der Waals surface area contributed by atoms with E-state index in [-0.39, 0.29) is 11.7 Å². The van der Waals surface area contributed by atoms with Crippen molar-refractivity contribution >= 4 is 33.3 Å². The van der Waals surface area contributed by atoms with Crippen molar-refractivity contribution in [2.24, 2.45) is 7.05 Å². The molecule has 0 aliphatic rings. The summed E-state index contributed by atoms with van der Waals surface area (Å²) < 4.78 is 2.48. The van der Waals surface area contributed by atoms with Crippen molar-refractivity contribution in [2.75, 3.05) is 11.1 Å². The van der Waals surface area contributed by atoms with E-state index in [0.717, 1.165) is 4.47 Å². The predicted octanol–water partition coefficient (Wildman–Crippen LogP) is 2.33. The molecule has 0 aliphatic heterocycles. The maximum atomic E-state index is 12.1. The molecular formula is C12H13BrN4O. The van der Waals surface area contributed by atoms with Crippen molar-refractivity contribution in [3.8, 4) is 0 Å². The summed E-state index contributed by atoms with van der Waals surface area (Å²) in [6.45, 7) is 1.80. The topological polar surface area (TPSA) is 72.9 Å². The number of carbonyl (C=O) groups excluding carboxylic acids is 1. The van der Waals surface area contributed by atoms with Crippen molar-refractivity contribution in [3.05, 3.63) is 40.3 Å². The monoisotopic (exact) mass is 308 g/mol. The molecule has 18 heavy (non-hydrogen) atoms. The van der Waals surface area contributed by atoms with Crippen LogP contribution in [0.5, 0.6) is 0 Å². The van der Waals surface area contributed by atoms with E-state index in [1.807, 2.05) is 18.2 Å². The van der Waals surface area contributed by atoms with E-state index >= 15 is 0 Å². The van der Waals surface area contributed by atoms with Crippen molar-refractivity contribution in [1.82, 2.24) is 9.55 Å². The van der Waals surface area contributed by atoms with Gasteiger partial charge >= 0.3 is 0 Å². The fourth-order valence-corrected chi connectivity index (χ4v) is 2.03. The first kappa shape index (κ1) is 12.6. The number of anilines is 2. The van der Waals surface area contributed by atoms with E-state index in [1.165, 1.54) is 0 Å². The van der Waals surface area contributed by atoms with E-state index in [4.69, 9.17) is 5.73 Å². The van der Waals surface area contributed by atoms with E-state index in [1.54, 1.807) is 24.6 Å². The number of hydrogen-bond donors (Lipinski definition) is 2. The Kier molecular flexibility index (Phi) is 3.38. The molecule has 5 nitrogen and oxygen atoms in total. The highest BCUT2D eigenvalue weighted by Gasteiger charge is 2.18. The van der Waals surface area contributed by atoms with E-state index in [9.17, 15) is 4.79 Å². The number of nitrogens with one attached hydrogen (secondary N) is 1. The second-order valence-electron chi connectivity index (χ2n) is 3.89. The van der Waals surface area contributed by atoms with Crippen LogP contribution in [0.15, 0.2) is 28.7 Å². The number of rotatable bonds is 2. The second-order valence-corrected chi connectivity index (χ2v) is 4.74. The van der Waals surface area contributed by atoms with Crippen LogP contribution in [0.3, 0.4) is 0 Å². The van der Waals surface area contributed by atoms with Crippen LogP contribution in [0.25, 0.3) is 0 Å². The number of halogens is 1. The molecule has 0 radical (unpaired) electrons. The molecule has 0 saturated heterocycles. The van der Waals surface area contributed by atoms with Gasteiger partial charge in [0.1, 0.15) is 5.82 Å². The quantitative estimate of drug-likeness (QED) is 0.894. The highest BCUT2D eigenvalue weighted by atomic mass is 79.9. The number of nitrogens with zero attached hydrogens (tertiary/aromatic N) is 2. The predicted molar refractivity (Wildman–Crippen MR) is 74.5 cm³/mol. The molecule has 0 aliphatic carbocycles. The molecule has 94 valence electrons. The summed E-state index contributed by atoms with van der Waals surface area (Å²) >= 11 is 3.37. The summed E-state index contributed by atoms with van der Waals surface area (Å²) in [7, 11) is 1.76. The molecule has 0 spiro atoms. The van der Waals surface area contributed by atoms with Crippen molar-refractivity contribution in [1.29, 1.82) is 0 Å². The van der Waals surface area contributed by atoms with Gasteiger partial charge in [0, 0.05) is 11.5 Å². The molecule has 0 saturated carbocycles. The molecule has 1 aromatic carbocycles. The van der Waals surface area contributed by atoms with Crippen molar-refractivity contribution in [2.45, 2.75) is 6.92 Å². The summed E-state index contributed by atoms with van der Waals surface area (Å²) in [5, 5.41) is 2.79. The van der Waals surface area contributed by atoms with Gasteiger partial charge in [0.05, 0.1) is 5.69 Å². The molecule has 0 unspecified atom stereocenters. The van der Waals surface area contributed by atoms with Gasteiger partial charge in [0.15, 0.2) is 11.5 Å². The van der Waals surface area contributed by atoms with Gasteiger partial charge in [-0.15, -0.1) is 0 Å². The van der Waals surface area contributed by atoms with Gasteiger partial charge in [-0.2, -0.15) is 0 Å². The third kappa shape index (κ3) is 2.24. The van der Waals surface area contributed by atoms with Gasteiger partial charge in [0.2, 0.25) is 0 Å². The largest absolute Gasteiger partial charge is 0.382 e. The number of amides is 1. The van der Waals surface area contributed by atoms with Gasteiger partial charge in [-0.05, 0) is 35.0 Å². The fourth-order valence-electron chi connectivity index (χ4n) is 1.65. The van der Waals surface area contributed by atoms with E-state index in [2.05, 4.69) is 26.2 Å². The number of para-hydroxylation sites is 1. The minimum Gasteiger partial charge on any atom is -0.382 e. The third-order valence-electron chi connectivity index (χ3n) is 2.68. The van der Waals surface area contributed by atoms with Gasteiger partial charge in [0.25, 0.3) is 5.91 Å². The molecule has 1 heterocycles. The Balaban J connectivity index is 2.31. The van der Waals surface area contributed by atoms with Crippen LogP contribution in [0.4, 0.5) is 11.5 Å². The Morgan fingerprint density at radius 1 is 1.44 bits per heavy atom. The lowest BCUT2D eigenvalue weighted by atomic mass is 10.3. The van der Waals surface area contributed by atoms with Gasteiger partial charge in [-0.1, -0.05) is 12.1 Å². The SMILES string of the molecule is Cc1nc(N)c(C(=O)Nc2ccccc2Br)n1C. The summed E-state index contributed by atoms with van der Waals surface area (Å²) in [5.41, 5.74) is 6.79. The van der Waals surface area contributed by atoms with E-state index < -0.39 is 0 Å². The van der Waals surface area contributed by atoms with Crippen LogP contribution in [0.2, 0.25) is 0 Å². The van der Waals surface area contributed by atoms with Crippen molar-refractivity contribution in [3.63, 3.8) is 0 Å². The van der Waals surface area contributed by atoms with Crippen LogP contribution in [0, 0.1) is 6.92 Å². The average molecular weight is 309 g/mol. The maximum absolute atomic E-state index is 12.1. The minimum atomic E-state index is -0.275. The number of carbonyl (C=O) groups is 1. The van der Waals surface area contributed by atoms with Crippen LogP contribution in [0.1, 0.15) is 16.3 Å². The lowest BCUT2D eigenvalue weighted by molar-refractivity contribution is 0.102. The Labute approximate surface area is 113 Å². The summed E-state index contributed by atoms with van der Waals surface area (Å²) in [6, 6.07) is 7.38. The van der Waals surface area contributed by atoms with Crippen LogP contribution in [-0.4, -0.2) is 15.5 Å². The smallest absolute Gasteiger partial charge is 0.276 e. The molecule has 1 aromatic heterocycles. The zero-order chi connectivity index (χ0) is 13.3. The lowest BCUT2D eigenvalue weighted by Gasteiger charge is -2.08. The number of aromatic nitrogens is 2. The maximum Gasteiger partial charge on any atom is 0.276 e. The number of nitrogen functional groups attached to an aromatic ring is 1. The van der Waals surface area contributed by atoms with Crippen LogP contribution in [-0.2, 0) is 7.05 Å². The normalized spacial score (nSPS) is 10.4. The van der Waals surface area contributed by atoms with Gasteiger partial charge < -0.3 is 15.6 Å². The van der Waals surface area contributed by atoms with E-state index in [0.29, 0.717) is 17.2 Å². The fraction of sp³-hybridized carbons (Fsp3) is 0.167. The first-order valence-electron chi connectivity index (χ1n) is 5.35. The number of hydrogen-bond acceptors (Lipinski definition) is 3. The van der Waals surface area contributed by atoms with Gasteiger partial charge in [-0.25, -0.2) is 4.98 Å². The Morgan fingerprint density at radius 3 is 2.67 bits per heavy atom. The molecule has 1 amide bonds. The molecule has 2 aromatic rings. The minimum absolute atomic E-state index is 0.236. The molecule has 2 rings (SSSR count). The average Bonchev–Trinajstić information content (AvgIpc) is 2.56. The summed E-state index contributed by atoms with van der Waals surface area (Å²) in [5.74, 6) is 0.659. The molecular weight excluding hydrogens is 296 g/mol. The van der Waals surface area contributed by atoms with Crippen molar-refractivity contribution < 1.29 is 4.79 Å². The molecule has 3 N–H and O–H groups in total. The first-order chi connectivity index (χ1) is 8.50. The number of nitrogens with two attached hydrogens (primary N) is 1. The molecule has 6 heteroatoms. The number of benzene rings is 1.